The summed E-state index contributed by atoms with van der Waals surface area (Å²) in [6.07, 6.45) is 1.62. The summed E-state index contributed by atoms with van der Waals surface area (Å²) < 4.78 is 18.2. The van der Waals surface area contributed by atoms with Gasteiger partial charge >= 0.3 is 11.8 Å². The minimum Gasteiger partial charge on any atom is -0.501 e. The van der Waals surface area contributed by atoms with Crippen molar-refractivity contribution in [1.82, 2.24) is 19.6 Å². The van der Waals surface area contributed by atoms with E-state index in [1.54, 1.807) is 41.5 Å². The number of fused-ring (bicyclic) bond motifs is 1. The number of methoxy groups -OCH3 is 1. The summed E-state index contributed by atoms with van der Waals surface area (Å²) in [6.45, 7) is 11.5. The molecule has 0 aliphatic heterocycles. The lowest BCUT2D eigenvalue weighted by atomic mass is 10.2. The zero-order valence-electron chi connectivity index (χ0n) is 21.3. The van der Waals surface area contributed by atoms with E-state index in [1.165, 1.54) is 39.9 Å². The number of amides is 2. The van der Waals surface area contributed by atoms with Crippen molar-refractivity contribution in [2.75, 3.05) is 20.3 Å². The quantitative estimate of drug-likeness (QED) is 0.313. The second kappa shape index (κ2) is 12.0. The Bertz CT molecular complexity index is 1200. The number of carbonyl (C=O) groups excluding carboxylic acids is 2. The molecule has 0 atom stereocenters. The van der Waals surface area contributed by atoms with Gasteiger partial charge in [0.2, 0.25) is 0 Å². The van der Waals surface area contributed by atoms with Gasteiger partial charge in [0.15, 0.2) is 0 Å². The van der Waals surface area contributed by atoms with E-state index in [1.807, 2.05) is 0 Å². The van der Waals surface area contributed by atoms with E-state index in [4.69, 9.17) is 14.2 Å². The highest BCUT2D eigenvalue weighted by Crippen LogP contribution is 2.29. The van der Waals surface area contributed by atoms with Crippen molar-refractivity contribution in [1.29, 1.82) is 0 Å². The molecule has 0 saturated carbocycles. The first-order valence-electron chi connectivity index (χ1n) is 11.3. The zero-order valence-corrected chi connectivity index (χ0v) is 22.1. The molecule has 11 nitrogen and oxygen atoms in total. The van der Waals surface area contributed by atoms with E-state index in [0.29, 0.717) is 27.3 Å². The lowest BCUT2D eigenvalue weighted by molar-refractivity contribution is -0.129. The van der Waals surface area contributed by atoms with Crippen LogP contribution in [0.25, 0.3) is 10.2 Å². The van der Waals surface area contributed by atoms with Crippen LogP contribution >= 0.6 is 11.3 Å². The fourth-order valence-electron chi connectivity index (χ4n) is 3.27. The Morgan fingerprint density at radius 3 is 2.43 bits per heavy atom. The molecular formula is C23H34N4O7S. The number of carbonyl (C=O) groups is 2. The van der Waals surface area contributed by atoms with Gasteiger partial charge in [-0.2, -0.15) is 0 Å². The van der Waals surface area contributed by atoms with E-state index in [-0.39, 0.29) is 26.2 Å². The van der Waals surface area contributed by atoms with E-state index in [0.717, 1.165) is 5.01 Å². The van der Waals surface area contributed by atoms with Crippen LogP contribution in [0.1, 0.15) is 45.1 Å². The van der Waals surface area contributed by atoms with Crippen LogP contribution < -0.4 is 16.7 Å². The first kappa shape index (κ1) is 28.1. The molecule has 0 aliphatic carbocycles. The predicted octanol–water partition coefficient (Wildman–Crippen LogP) is 2.52. The van der Waals surface area contributed by atoms with Crippen molar-refractivity contribution in [3.63, 3.8) is 0 Å². The van der Waals surface area contributed by atoms with Crippen LogP contribution in [0.2, 0.25) is 0 Å². The molecule has 0 bridgehead atoms. The Hall–Kier alpha value is -3.12. The van der Waals surface area contributed by atoms with Crippen LogP contribution in [0, 0.1) is 6.92 Å². The van der Waals surface area contributed by atoms with Gasteiger partial charge in [-0.3, -0.25) is 18.7 Å². The Labute approximate surface area is 207 Å². The van der Waals surface area contributed by atoms with Gasteiger partial charge in [0.05, 0.1) is 38.0 Å². The molecule has 2 amide bonds. The molecule has 2 aromatic rings. The Balaban J connectivity index is 2.56. The molecule has 194 valence electrons. The van der Waals surface area contributed by atoms with E-state index in [9.17, 15) is 19.2 Å². The van der Waals surface area contributed by atoms with Crippen LogP contribution in [-0.2, 0) is 38.6 Å². The molecule has 1 N–H and O–H groups in total. The van der Waals surface area contributed by atoms with Crippen molar-refractivity contribution in [2.24, 2.45) is 0 Å². The molecule has 0 saturated heterocycles. The van der Waals surface area contributed by atoms with Gasteiger partial charge < -0.3 is 14.2 Å². The van der Waals surface area contributed by atoms with Crippen LogP contribution in [0.3, 0.4) is 0 Å². The molecule has 2 heterocycles. The van der Waals surface area contributed by atoms with Crippen LogP contribution in [0.5, 0.6) is 0 Å². The maximum absolute atomic E-state index is 13.1. The third-order valence-electron chi connectivity index (χ3n) is 4.89. The number of rotatable bonds is 9. The number of aromatic nitrogens is 2. The number of aryl methyl sites for hydroxylation is 1. The summed E-state index contributed by atoms with van der Waals surface area (Å²) >= 11 is 1.22. The third kappa shape index (κ3) is 6.95. The summed E-state index contributed by atoms with van der Waals surface area (Å²) in [5, 5.41) is 1.48. The smallest absolute Gasteiger partial charge is 0.426 e. The highest BCUT2D eigenvalue weighted by Gasteiger charge is 2.24. The number of hydrogen-bond donors (Lipinski definition) is 1. The van der Waals surface area contributed by atoms with E-state index in [2.05, 4.69) is 5.43 Å². The monoisotopic (exact) mass is 510 g/mol. The second-order valence-corrected chi connectivity index (χ2v) is 9.69. The van der Waals surface area contributed by atoms with Gasteiger partial charge in [-0.15, -0.1) is 11.3 Å². The van der Waals surface area contributed by atoms with Crippen LogP contribution in [0.15, 0.2) is 21.9 Å². The molecule has 35 heavy (non-hydrogen) atoms. The molecule has 2 rings (SSSR count). The molecule has 12 heteroatoms. The lowest BCUT2D eigenvalue weighted by Gasteiger charge is -2.25. The third-order valence-corrected chi connectivity index (χ3v) is 6.19. The average Bonchev–Trinajstić information content (AvgIpc) is 3.08. The van der Waals surface area contributed by atoms with Crippen molar-refractivity contribution in [3.8, 4) is 0 Å². The van der Waals surface area contributed by atoms with Gasteiger partial charge in [0.25, 0.3) is 11.5 Å². The molecule has 0 spiro atoms. The number of hydrogen-bond acceptors (Lipinski definition) is 8. The zero-order chi connectivity index (χ0) is 26.3. The maximum Gasteiger partial charge on any atom is 0.426 e. The standard InChI is InChI=1S/C23H34N4O7S/c1-8-25-19(29)18-15(3)16(35-20(18)26(22(25)31)11-13-32-7)14-27(17(28)10-12-33-9-2)24-21(30)34-23(4,5)6/h10,12H,8-9,11,13-14H2,1-7H3,(H,24,30)/b12-10+. The number of nitrogens with zero attached hydrogens (tertiary/aromatic N) is 3. The molecule has 2 aromatic heterocycles. The van der Waals surface area contributed by atoms with Crippen molar-refractivity contribution >= 4 is 33.6 Å². The van der Waals surface area contributed by atoms with Gasteiger partial charge in [0.1, 0.15) is 10.4 Å². The molecule has 0 radical (unpaired) electrons. The number of nitrogens with one attached hydrogen (secondary N) is 1. The molecular weight excluding hydrogens is 476 g/mol. The Morgan fingerprint density at radius 2 is 1.86 bits per heavy atom. The summed E-state index contributed by atoms with van der Waals surface area (Å²) in [6, 6.07) is 0. The highest BCUT2D eigenvalue weighted by molar-refractivity contribution is 7.18. The number of thiophene rings is 1. The fourth-order valence-corrected chi connectivity index (χ4v) is 4.57. The van der Waals surface area contributed by atoms with Gasteiger partial charge in [-0.05, 0) is 47.1 Å². The molecule has 0 fully saturated rings. The first-order chi connectivity index (χ1) is 16.4. The minimum atomic E-state index is -0.806. The normalized spacial score (nSPS) is 11.7. The average molecular weight is 511 g/mol. The van der Waals surface area contributed by atoms with Crippen LogP contribution in [-0.4, -0.2) is 52.1 Å². The molecule has 0 aromatic carbocycles. The molecule has 0 unspecified atom stereocenters. The largest absolute Gasteiger partial charge is 0.501 e. The van der Waals surface area contributed by atoms with Crippen LogP contribution in [0.4, 0.5) is 4.79 Å². The maximum atomic E-state index is 13.1. The number of hydrazine groups is 1. The van der Waals surface area contributed by atoms with E-state index >= 15 is 0 Å². The summed E-state index contributed by atoms with van der Waals surface area (Å²) in [5.41, 5.74) is 1.51. The fraction of sp³-hybridized carbons (Fsp3) is 0.565. The van der Waals surface area contributed by atoms with Crippen molar-refractivity contribution in [2.45, 2.75) is 66.8 Å². The van der Waals surface area contributed by atoms with E-state index < -0.39 is 28.9 Å². The van der Waals surface area contributed by atoms with Gasteiger partial charge in [0, 0.05) is 24.6 Å². The Morgan fingerprint density at radius 1 is 1.17 bits per heavy atom. The summed E-state index contributed by atoms with van der Waals surface area (Å²) in [4.78, 5) is 52.4. The predicted molar refractivity (Wildman–Crippen MR) is 133 cm³/mol. The second-order valence-electron chi connectivity index (χ2n) is 8.60. The lowest BCUT2D eigenvalue weighted by Crippen LogP contribution is -2.47. The number of ether oxygens (including phenoxy) is 3. The SMILES string of the molecule is CCO/C=C/C(=O)N(Cc1sc2c(c1C)c(=O)n(CC)c(=O)n2CCOC)NC(=O)OC(C)(C)C. The minimum absolute atomic E-state index is 0.0518. The Kier molecular flexibility index (Phi) is 9.66. The molecule has 0 aliphatic rings. The van der Waals surface area contributed by atoms with Crippen molar-refractivity contribution < 1.29 is 23.8 Å². The van der Waals surface area contributed by atoms with Crippen molar-refractivity contribution in [3.05, 3.63) is 43.6 Å². The summed E-state index contributed by atoms with van der Waals surface area (Å²) in [7, 11) is 1.53. The first-order valence-corrected chi connectivity index (χ1v) is 12.1. The highest BCUT2D eigenvalue weighted by atomic mass is 32.1. The summed E-state index contributed by atoms with van der Waals surface area (Å²) in [5.74, 6) is -0.552. The van der Waals surface area contributed by atoms with Gasteiger partial charge in [-0.1, -0.05) is 0 Å². The topological polar surface area (TPSA) is 121 Å². The van der Waals surface area contributed by atoms with Gasteiger partial charge in [-0.25, -0.2) is 20.0 Å².